The van der Waals surface area contributed by atoms with Gasteiger partial charge in [0.2, 0.25) is 11.8 Å². The van der Waals surface area contributed by atoms with E-state index in [0.29, 0.717) is 11.6 Å². The number of piperidine rings is 1. The van der Waals surface area contributed by atoms with Crippen molar-refractivity contribution >= 4 is 29.1 Å². The summed E-state index contributed by atoms with van der Waals surface area (Å²) in [4.78, 5) is 28.2. The number of carbonyl (C=O) groups is 2. The van der Waals surface area contributed by atoms with Gasteiger partial charge < -0.3 is 9.80 Å². The van der Waals surface area contributed by atoms with Gasteiger partial charge in [-0.2, -0.15) is 0 Å². The van der Waals surface area contributed by atoms with E-state index in [1.807, 2.05) is 19.1 Å². The van der Waals surface area contributed by atoms with E-state index < -0.39 is 0 Å². The van der Waals surface area contributed by atoms with Gasteiger partial charge >= 0.3 is 0 Å². The van der Waals surface area contributed by atoms with Gasteiger partial charge in [0.05, 0.1) is 0 Å². The zero-order chi connectivity index (χ0) is 14.3. The quantitative estimate of drug-likeness (QED) is 0.797. The Kier molecular flexibility index (Phi) is 3.42. The lowest BCUT2D eigenvalue weighted by molar-refractivity contribution is -0.144. The number of anilines is 1. The van der Waals surface area contributed by atoms with Gasteiger partial charge in [-0.25, -0.2) is 0 Å². The Bertz CT molecular complexity index is 573. The molecule has 2 aliphatic rings. The number of carbonyl (C=O) groups excluding carboxylic acids is 2. The smallest absolute Gasteiger partial charge is 0.250 e. The van der Waals surface area contributed by atoms with Crippen LogP contribution in [0.5, 0.6) is 0 Å². The normalized spacial score (nSPS) is 23.0. The van der Waals surface area contributed by atoms with Gasteiger partial charge in [0.25, 0.3) is 0 Å². The maximum atomic E-state index is 12.7. The zero-order valence-electron chi connectivity index (χ0n) is 11.4. The first-order valence-electron chi connectivity index (χ1n) is 6.95. The van der Waals surface area contributed by atoms with E-state index in [0.717, 1.165) is 30.5 Å². The van der Waals surface area contributed by atoms with Crippen LogP contribution >= 0.6 is 11.6 Å². The second-order valence-corrected chi connectivity index (χ2v) is 5.81. The largest absolute Gasteiger partial charge is 0.329 e. The zero-order valence-corrected chi connectivity index (χ0v) is 12.2. The van der Waals surface area contributed by atoms with Crippen molar-refractivity contribution in [2.45, 2.75) is 32.2 Å². The molecule has 1 aromatic carbocycles. The molecule has 106 valence electrons. The molecular formula is C15H17ClN2O2. The molecule has 2 aliphatic heterocycles. The van der Waals surface area contributed by atoms with Crippen LogP contribution in [0.25, 0.3) is 0 Å². The third-order valence-electron chi connectivity index (χ3n) is 4.20. The summed E-state index contributed by atoms with van der Waals surface area (Å²) in [6.45, 7) is 2.71. The van der Waals surface area contributed by atoms with Crippen LogP contribution in [0.15, 0.2) is 18.2 Å². The molecule has 0 aliphatic carbocycles. The number of nitrogens with zero attached hydrogens (tertiary/aromatic N) is 2. The first kappa shape index (κ1) is 13.4. The summed E-state index contributed by atoms with van der Waals surface area (Å²) in [6, 6.07) is 5.17. The lowest BCUT2D eigenvalue weighted by atomic mass is 9.97. The SMILES string of the molecule is Cc1c(Cl)cccc1N1CC(=O)N2CCCCC2C1=O. The van der Waals surface area contributed by atoms with E-state index in [1.54, 1.807) is 15.9 Å². The number of benzene rings is 1. The highest BCUT2D eigenvalue weighted by Gasteiger charge is 2.41. The first-order valence-corrected chi connectivity index (χ1v) is 7.33. The second kappa shape index (κ2) is 5.09. The Morgan fingerprint density at radius 3 is 2.85 bits per heavy atom. The van der Waals surface area contributed by atoms with E-state index in [9.17, 15) is 9.59 Å². The Morgan fingerprint density at radius 1 is 1.25 bits per heavy atom. The summed E-state index contributed by atoms with van der Waals surface area (Å²) in [5.74, 6) is 0.0587. The van der Waals surface area contributed by atoms with Gasteiger partial charge in [-0.1, -0.05) is 17.7 Å². The van der Waals surface area contributed by atoms with Crippen LogP contribution in [0.4, 0.5) is 5.69 Å². The van der Waals surface area contributed by atoms with E-state index in [1.165, 1.54) is 0 Å². The first-order chi connectivity index (χ1) is 9.59. The summed E-state index contributed by atoms with van der Waals surface area (Å²) < 4.78 is 0. The van der Waals surface area contributed by atoms with Gasteiger partial charge in [-0.3, -0.25) is 9.59 Å². The van der Waals surface area contributed by atoms with Crippen LogP contribution in [0, 0.1) is 6.92 Å². The van der Waals surface area contributed by atoms with Gasteiger partial charge in [-0.15, -0.1) is 0 Å². The highest BCUT2D eigenvalue weighted by molar-refractivity contribution is 6.31. The Hall–Kier alpha value is -1.55. The number of hydrogen-bond donors (Lipinski definition) is 0. The average Bonchev–Trinajstić information content (AvgIpc) is 2.46. The van der Waals surface area contributed by atoms with Crippen molar-refractivity contribution in [1.29, 1.82) is 0 Å². The number of rotatable bonds is 1. The monoisotopic (exact) mass is 292 g/mol. The Morgan fingerprint density at radius 2 is 2.05 bits per heavy atom. The highest BCUT2D eigenvalue weighted by Crippen LogP contribution is 2.31. The molecule has 1 aromatic rings. The van der Waals surface area contributed by atoms with Crippen LogP contribution in [-0.4, -0.2) is 35.8 Å². The van der Waals surface area contributed by atoms with Crippen LogP contribution in [0.3, 0.4) is 0 Å². The third-order valence-corrected chi connectivity index (χ3v) is 4.61. The Labute approximate surface area is 123 Å². The highest BCUT2D eigenvalue weighted by atomic mass is 35.5. The molecule has 1 atom stereocenters. The maximum absolute atomic E-state index is 12.7. The molecule has 0 radical (unpaired) electrons. The van der Waals surface area contributed by atoms with Crippen molar-refractivity contribution in [3.63, 3.8) is 0 Å². The standard InChI is InChI=1S/C15H17ClN2O2/c1-10-11(16)5-4-7-12(10)18-9-14(19)17-8-3-2-6-13(17)15(18)20/h4-5,7,13H,2-3,6,8-9H2,1H3. The number of amides is 2. The molecule has 1 unspecified atom stereocenters. The minimum Gasteiger partial charge on any atom is -0.329 e. The molecule has 0 aromatic heterocycles. The van der Waals surface area contributed by atoms with E-state index in [-0.39, 0.29) is 24.4 Å². The fourth-order valence-electron chi connectivity index (χ4n) is 3.06. The molecule has 3 rings (SSSR count). The predicted molar refractivity (Wildman–Crippen MR) is 77.9 cm³/mol. The molecule has 2 saturated heterocycles. The van der Waals surface area contributed by atoms with E-state index >= 15 is 0 Å². The summed E-state index contributed by atoms with van der Waals surface area (Å²) in [5, 5.41) is 0.619. The topological polar surface area (TPSA) is 40.6 Å². The maximum Gasteiger partial charge on any atom is 0.250 e. The van der Waals surface area contributed by atoms with Crippen molar-refractivity contribution < 1.29 is 9.59 Å². The lowest BCUT2D eigenvalue weighted by Gasteiger charge is -2.43. The molecule has 2 fully saturated rings. The fourth-order valence-corrected chi connectivity index (χ4v) is 3.23. The van der Waals surface area contributed by atoms with Crippen molar-refractivity contribution in [2.24, 2.45) is 0 Å². The minimum atomic E-state index is -0.289. The van der Waals surface area contributed by atoms with Crippen molar-refractivity contribution in [3.8, 4) is 0 Å². The lowest BCUT2D eigenvalue weighted by Crippen LogP contribution is -2.61. The summed E-state index contributed by atoms with van der Waals surface area (Å²) >= 11 is 6.12. The average molecular weight is 293 g/mol. The van der Waals surface area contributed by atoms with Crippen molar-refractivity contribution in [1.82, 2.24) is 4.90 Å². The molecule has 0 bridgehead atoms. The minimum absolute atomic E-state index is 0.0228. The number of fused-ring (bicyclic) bond motifs is 1. The van der Waals surface area contributed by atoms with Gasteiger partial charge in [0.1, 0.15) is 12.6 Å². The Balaban J connectivity index is 1.96. The number of halogens is 1. The molecule has 2 heterocycles. The van der Waals surface area contributed by atoms with E-state index in [4.69, 9.17) is 11.6 Å². The number of piperazine rings is 1. The number of hydrogen-bond acceptors (Lipinski definition) is 2. The molecule has 0 spiro atoms. The summed E-state index contributed by atoms with van der Waals surface area (Å²) in [6.07, 6.45) is 2.76. The molecular weight excluding hydrogens is 276 g/mol. The second-order valence-electron chi connectivity index (χ2n) is 5.41. The van der Waals surface area contributed by atoms with Crippen molar-refractivity contribution in [3.05, 3.63) is 28.8 Å². The van der Waals surface area contributed by atoms with Crippen LogP contribution in [0.1, 0.15) is 24.8 Å². The molecule has 5 heteroatoms. The van der Waals surface area contributed by atoms with Crippen LogP contribution in [0.2, 0.25) is 5.02 Å². The fraction of sp³-hybridized carbons (Fsp3) is 0.467. The molecule has 20 heavy (non-hydrogen) atoms. The van der Waals surface area contributed by atoms with Gasteiger partial charge in [-0.05, 0) is 43.9 Å². The molecule has 2 amide bonds. The summed E-state index contributed by atoms with van der Waals surface area (Å²) in [7, 11) is 0. The van der Waals surface area contributed by atoms with Crippen molar-refractivity contribution in [2.75, 3.05) is 18.0 Å². The third kappa shape index (κ3) is 2.08. The molecule has 4 nitrogen and oxygen atoms in total. The molecule has 0 N–H and O–H groups in total. The van der Waals surface area contributed by atoms with Crippen LogP contribution in [-0.2, 0) is 9.59 Å². The summed E-state index contributed by atoms with van der Waals surface area (Å²) in [5.41, 5.74) is 1.60. The van der Waals surface area contributed by atoms with Crippen LogP contribution < -0.4 is 4.90 Å². The van der Waals surface area contributed by atoms with E-state index in [2.05, 4.69) is 0 Å². The molecule has 0 saturated carbocycles. The van der Waals surface area contributed by atoms with Gasteiger partial charge in [0.15, 0.2) is 0 Å². The van der Waals surface area contributed by atoms with Gasteiger partial charge in [0, 0.05) is 17.3 Å². The predicted octanol–water partition coefficient (Wildman–Crippen LogP) is 2.38.